The minimum absolute atomic E-state index is 0.0736. The normalized spacial score (nSPS) is 18.1. The maximum atomic E-state index is 13.3. The zero-order chi connectivity index (χ0) is 18.3. The molecule has 2 aromatic heterocycles. The molecule has 0 aromatic carbocycles. The van der Waals surface area contributed by atoms with Crippen LogP contribution in [-0.2, 0) is 18.6 Å². The summed E-state index contributed by atoms with van der Waals surface area (Å²) in [6, 6.07) is 1.69. The summed E-state index contributed by atoms with van der Waals surface area (Å²) in [5.41, 5.74) is 7.63. The molecule has 1 fully saturated rings. The maximum Gasteiger partial charge on any atom is 0.276 e. The van der Waals surface area contributed by atoms with Crippen molar-refractivity contribution in [1.29, 1.82) is 0 Å². The van der Waals surface area contributed by atoms with Gasteiger partial charge in [-0.15, -0.1) is 0 Å². The molecule has 8 heteroatoms. The predicted octanol–water partition coefficient (Wildman–Crippen LogP) is 2.90. The van der Waals surface area contributed by atoms with Gasteiger partial charge in [-0.3, -0.25) is 14.7 Å². The number of hydrogen-bond donors (Lipinski definition) is 3. The van der Waals surface area contributed by atoms with Gasteiger partial charge in [-0.2, -0.15) is 0 Å². The van der Waals surface area contributed by atoms with Crippen molar-refractivity contribution in [3.63, 3.8) is 0 Å². The Balaban J connectivity index is 1.81. The van der Waals surface area contributed by atoms with Crippen LogP contribution < -0.4 is 21.9 Å². The second-order valence-electron chi connectivity index (χ2n) is 7.00. The lowest BCUT2D eigenvalue weighted by atomic mass is 9.89. The summed E-state index contributed by atoms with van der Waals surface area (Å²) in [5.74, 6) is 0.972. The molecule has 2 aromatic rings. The molecule has 3 heterocycles. The van der Waals surface area contributed by atoms with Gasteiger partial charge in [0.25, 0.3) is 5.56 Å². The highest BCUT2D eigenvalue weighted by molar-refractivity contribution is 6.31. The van der Waals surface area contributed by atoms with Crippen molar-refractivity contribution in [3.05, 3.63) is 39.0 Å². The van der Waals surface area contributed by atoms with Crippen molar-refractivity contribution >= 4 is 28.9 Å². The SMILES string of the molecule is CCc1c(N)ncnc1Nc1cc(Cl)c2n(c1=O)C1(CCCCC1)NC2. The van der Waals surface area contributed by atoms with Gasteiger partial charge in [0, 0.05) is 12.1 Å². The van der Waals surface area contributed by atoms with Gasteiger partial charge in [0.15, 0.2) is 0 Å². The van der Waals surface area contributed by atoms with Crippen molar-refractivity contribution in [3.8, 4) is 0 Å². The van der Waals surface area contributed by atoms with Crippen LogP contribution in [-0.4, -0.2) is 14.5 Å². The summed E-state index contributed by atoms with van der Waals surface area (Å²) in [7, 11) is 0. The molecule has 1 aliphatic heterocycles. The van der Waals surface area contributed by atoms with E-state index in [1.165, 1.54) is 12.7 Å². The Labute approximate surface area is 157 Å². The quantitative estimate of drug-likeness (QED) is 0.764. The number of nitrogens with zero attached hydrogens (tertiary/aromatic N) is 3. The lowest BCUT2D eigenvalue weighted by molar-refractivity contribution is 0.165. The van der Waals surface area contributed by atoms with E-state index in [2.05, 4.69) is 20.6 Å². The molecule has 0 unspecified atom stereocenters. The molecule has 4 N–H and O–H groups in total. The van der Waals surface area contributed by atoms with Crippen LogP contribution in [0.25, 0.3) is 0 Å². The van der Waals surface area contributed by atoms with E-state index < -0.39 is 0 Å². The van der Waals surface area contributed by atoms with Crippen LogP contribution in [0.5, 0.6) is 0 Å². The molecule has 7 nitrogen and oxygen atoms in total. The zero-order valence-electron chi connectivity index (χ0n) is 14.8. The fourth-order valence-corrected chi connectivity index (χ4v) is 4.46. The molecule has 4 rings (SSSR count). The third-order valence-corrected chi connectivity index (χ3v) is 5.86. The van der Waals surface area contributed by atoms with Crippen LogP contribution in [0.3, 0.4) is 0 Å². The fraction of sp³-hybridized carbons (Fsp3) is 0.500. The molecule has 138 valence electrons. The molecule has 26 heavy (non-hydrogen) atoms. The highest BCUT2D eigenvalue weighted by Crippen LogP contribution is 2.38. The van der Waals surface area contributed by atoms with Crippen molar-refractivity contribution in [1.82, 2.24) is 19.9 Å². The van der Waals surface area contributed by atoms with Gasteiger partial charge in [-0.25, -0.2) is 9.97 Å². The summed E-state index contributed by atoms with van der Waals surface area (Å²) in [6.07, 6.45) is 7.38. The van der Waals surface area contributed by atoms with E-state index in [1.807, 2.05) is 11.5 Å². The number of nitrogens with two attached hydrogens (primary N) is 1. The Morgan fingerprint density at radius 1 is 1.35 bits per heavy atom. The van der Waals surface area contributed by atoms with Gasteiger partial charge in [0.1, 0.15) is 23.7 Å². The molecule has 2 aliphatic rings. The van der Waals surface area contributed by atoms with Crippen molar-refractivity contribution in [2.75, 3.05) is 11.1 Å². The van der Waals surface area contributed by atoms with Gasteiger partial charge in [-0.1, -0.05) is 24.9 Å². The maximum absolute atomic E-state index is 13.3. The molecule has 0 atom stereocenters. The summed E-state index contributed by atoms with van der Waals surface area (Å²) >= 11 is 6.52. The number of rotatable bonds is 3. The van der Waals surface area contributed by atoms with E-state index in [9.17, 15) is 4.79 Å². The van der Waals surface area contributed by atoms with Crippen LogP contribution in [0.4, 0.5) is 17.3 Å². The molecule has 0 radical (unpaired) electrons. The lowest BCUT2D eigenvalue weighted by Crippen LogP contribution is -2.48. The predicted molar refractivity (Wildman–Crippen MR) is 103 cm³/mol. The van der Waals surface area contributed by atoms with Crippen LogP contribution in [0.2, 0.25) is 5.02 Å². The topological polar surface area (TPSA) is 97.9 Å². The van der Waals surface area contributed by atoms with Crippen LogP contribution in [0.15, 0.2) is 17.2 Å². The van der Waals surface area contributed by atoms with E-state index in [0.717, 1.165) is 36.9 Å². The third-order valence-electron chi connectivity index (χ3n) is 5.53. The first-order valence-corrected chi connectivity index (χ1v) is 9.50. The third kappa shape index (κ3) is 2.66. The molecule has 0 saturated heterocycles. The van der Waals surface area contributed by atoms with E-state index in [-0.39, 0.29) is 11.2 Å². The number of hydrogen-bond acceptors (Lipinski definition) is 6. The minimum atomic E-state index is -0.315. The molecule has 1 spiro atoms. The summed E-state index contributed by atoms with van der Waals surface area (Å²) in [6.45, 7) is 2.60. The first-order valence-electron chi connectivity index (χ1n) is 9.12. The monoisotopic (exact) mass is 374 g/mol. The molecule has 0 bridgehead atoms. The van der Waals surface area contributed by atoms with Gasteiger partial charge >= 0.3 is 0 Å². The Hall–Kier alpha value is -2.12. The second-order valence-corrected chi connectivity index (χ2v) is 7.41. The molecule has 1 aliphatic carbocycles. The van der Waals surface area contributed by atoms with Crippen LogP contribution >= 0.6 is 11.6 Å². The second kappa shape index (κ2) is 6.55. The number of aromatic nitrogens is 3. The number of nitrogens with one attached hydrogen (secondary N) is 2. The Morgan fingerprint density at radius 3 is 2.85 bits per heavy atom. The van der Waals surface area contributed by atoms with E-state index in [1.54, 1.807) is 6.07 Å². The van der Waals surface area contributed by atoms with E-state index >= 15 is 0 Å². The first kappa shape index (κ1) is 17.3. The molecule has 1 saturated carbocycles. The fourth-order valence-electron chi connectivity index (χ4n) is 4.20. The van der Waals surface area contributed by atoms with Crippen molar-refractivity contribution in [2.45, 2.75) is 57.7 Å². The lowest BCUT2D eigenvalue weighted by Gasteiger charge is -2.36. The van der Waals surface area contributed by atoms with Gasteiger partial charge < -0.3 is 11.1 Å². The highest BCUT2D eigenvalue weighted by atomic mass is 35.5. The smallest absolute Gasteiger partial charge is 0.276 e. The standard InChI is InChI=1S/C18H23ClN6O/c1-2-11-15(20)21-10-22-16(11)24-13-8-12(19)14-9-23-18(25(14)17(13)26)6-4-3-5-7-18/h8,10,23H,2-7,9H2,1H3,(H3,20,21,22,24). The van der Waals surface area contributed by atoms with Crippen LogP contribution in [0.1, 0.15) is 50.3 Å². The minimum Gasteiger partial charge on any atom is -0.383 e. The number of nitrogen functional groups attached to an aromatic ring is 1. The van der Waals surface area contributed by atoms with Gasteiger partial charge in [-0.05, 0) is 38.2 Å². The number of halogens is 1. The molecular formula is C18H23ClN6O. The van der Waals surface area contributed by atoms with E-state index in [0.29, 0.717) is 35.3 Å². The largest absolute Gasteiger partial charge is 0.383 e. The number of fused-ring (bicyclic) bond motifs is 2. The summed E-state index contributed by atoms with van der Waals surface area (Å²) in [4.78, 5) is 21.6. The van der Waals surface area contributed by atoms with Crippen molar-refractivity contribution < 1.29 is 0 Å². The number of pyridine rings is 1. The van der Waals surface area contributed by atoms with Gasteiger partial charge in [0.2, 0.25) is 0 Å². The summed E-state index contributed by atoms with van der Waals surface area (Å²) in [5, 5.41) is 7.28. The average molecular weight is 375 g/mol. The molecular weight excluding hydrogens is 352 g/mol. The van der Waals surface area contributed by atoms with Crippen LogP contribution in [0, 0.1) is 0 Å². The highest BCUT2D eigenvalue weighted by Gasteiger charge is 2.41. The van der Waals surface area contributed by atoms with Gasteiger partial charge in [0.05, 0.1) is 16.4 Å². The number of anilines is 3. The average Bonchev–Trinajstić information content (AvgIpc) is 2.99. The Bertz CT molecular complexity index is 903. The molecule has 0 amide bonds. The van der Waals surface area contributed by atoms with Crippen molar-refractivity contribution in [2.24, 2.45) is 0 Å². The summed E-state index contributed by atoms with van der Waals surface area (Å²) < 4.78 is 1.87. The zero-order valence-corrected chi connectivity index (χ0v) is 15.6. The van der Waals surface area contributed by atoms with E-state index in [4.69, 9.17) is 17.3 Å². The Kier molecular flexibility index (Phi) is 4.36. The Morgan fingerprint density at radius 2 is 2.12 bits per heavy atom. The first-order chi connectivity index (χ1) is 12.6.